The zero-order chi connectivity index (χ0) is 16.9. The summed E-state index contributed by atoms with van der Waals surface area (Å²) in [5.41, 5.74) is 0.592. The Bertz CT molecular complexity index is 496. The number of rotatable bonds is 5. The van der Waals surface area contributed by atoms with Crippen LogP contribution >= 0.6 is 0 Å². The molecule has 2 amide bonds. The van der Waals surface area contributed by atoms with E-state index in [0.717, 1.165) is 18.4 Å². The normalized spacial score (nSPS) is 17.8. The zero-order valence-corrected chi connectivity index (χ0v) is 14.3. The molecule has 1 atom stereocenters. The van der Waals surface area contributed by atoms with E-state index in [-0.39, 0.29) is 17.6 Å². The molecule has 1 fully saturated rings. The summed E-state index contributed by atoms with van der Waals surface area (Å²) in [7, 11) is 1.64. The minimum absolute atomic E-state index is 0.0530. The highest BCUT2D eigenvalue weighted by Crippen LogP contribution is 2.30. The number of nitrogens with zero attached hydrogens (tertiary/aromatic N) is 1. The number of likely N-dealkylation sites (tertiary alicyclic amines) is 1. The van der Waals surface area contributed by atoms with Crippen molar-refractivity contribution >= 4 is 6.03 Å². The molecule has 0 radical (unpaired) electrons. The molecule has 23 heavy (non-hydrogen) atoms. The number of benzene rings is 1. The monoisotopic (exact) mass is 320 g/mol. The molecule has 5 nitrogen and oxygen atoms in total. The van der Waals surface area contributed by atoms with Crippen LogP contribution in [0.1, 0.15) is 38.4 Å². The van der Waals surface area contributed by atoms with Crippen molar-refractivity contribution < 1.29 is 14.6 Å². The predicted octanol–water partition coefficient (Wildman–Crippen LogP) is 2.57. The highest BCUT2D eigenvalue weighted by molar-refractivity contribution is 5.74. The Morgan fingerprint density at radius 2 is 1.96 bits per heavy atom. The molecule has 0 spiro atoms. The third-order valence-corrected chi connectivity index (χ3v) is 4.63. The number of hydrogen-bond donors (Lipinski definition) is 2. The molecule has 0 aliphatic carbocycles. The molecule has 1 unspecified atom stereocenters. The predicted molar refractivity (Wildman–Crippen MR) is 90.2 cm³/mol. The van der Waals surface area contributed by atoms with Crippen LogP contribution in [0, 0.1) is 5.92 Å². The minimum Gasteiger partial charge on any atom is -0.388 e. The maximum absolute atomic E-state index is 12.2. The van der Waals surface area contributed by atoms with Crippen molar-refractivity contribution in [2.45, 2.75) is 38.4 Å². The molecule has 1 aromatic carbocycles. The van der Waals surface area contributed by atoms with Gasteiger partial charge in [-0.05, 0) is 38.2 Å². The van der Waals surface area contributed by atoms with E-state index in [9.17, 15) is 9.90 Å². The van der Waals surface area contributed by atoms with E-state index in [1.807, 2.05) is 49.1 Å². The van der Waals surface area contributed by atoms with Crippen LogP contribution in [0.4, 0.5) is 4.79 Å². The van der Waals surface area contributed by atoms with Gasteiger partial charge in [0.25, 0.3) is 0 Å². The van der Waals surface area contributed by atoms with E-state index >= 15 is 0 Å². The van der Waals surface area contributed by atoms with Gasteiger partial charge < -0.3 is 20.1 Å². The largest absolute Gasteiger partial charge is 0.388 e. The fourth-order valence-corrected chi connectivity index (χ4v) is 2.81. The lowest BCUT2D eigenvalue weighted by Gasteiger charge is -2.35. The summed E-state index contributed by atoms with van der Waals surface area (Å²) in [5.74, 6) is 0.205. The Morgan fingerprint density at radius 1 is 1.35 bits per heavy atom. The summed E-state index contributed by atoms with van der Waals surface area (Å²) in [5, 5.41) is 13.4. The van der Waals surface area contributed by atoms with Crippen LogP contribution in [0.5, 0.6) is 0 Å². The molecule has 2 N–H and O–H groups in total. The highest BCUT2D eigenvalue weighted by Gasteiger charge is 2.28. The number of carbonyl (C=O) groups is 1. The van der Waals surface area contributed by atoms with E-state index in [1.54, 1.807) is 7.11 Å². The molecule has 0 aromatic heterocycles. The first-order valence-electron chi connectivity index (χ1n) is 8.24. The number of piperidine rings is 1. The van der Waals surface area contributed by atoms with E-state index in [2.05, 4.69) is 5.32 Å². The number of methoxy groups -OCH3 is 1. The number of amides is 2. The van der Waals surface area contributed by atoms with Gasteiger partial charge in [0.2, 0.25) is 0 Å². The van der Waals surface area contributed by atoms with Gasteiger partial charge in [0, 0.05) is 26.7 Å². The summed E-state index contributed by atoms with van der Waals surface area (Å²) in [6.45, 7) is 5.71. The summed E-state index contributed by atoms with van der Waals surface area (Å²) in [6.07, 6.45) is 1.18. The van der Waals surface area contributed by atoms with Gasteiger partial charge >= 0.3 is 6.03 Å². The van der Waals surface area contributed by atoms with Gasteiger partial charge in [0.1, 0.15) is 0 Å². The van der Waals surface area contributed by atoms with Crippen LogP contribution < -0.4 is 5.32 Å². The van der Waals surface area contributed by atoms with Gasteiger partial charge in [0.05, 0.1) is 11.7 Å². The second-order valence-corrected chi connectivity index (χ2v) is 6.80. The Hall–Kier alpha value is -1.59. The summed E-state index contributed by atoms with van der Waals surface area (Å²) in [4.78, 5) is 14.0. The molecule has 0 saturated carbocycles. The molecule has 1 aromatic rings. The molecular weight excluding hydrogens is 292 g/mol. The van der Waals surface area contributed by atoms with Crippen LogP contribution in [-0.2, 0) is 4.74 Å². The van der Waals surface area contributed by atoms with Crippen molar-refractivity contribution in [2.75, 3.05) is 26.7 Å². The van der Waals surface area contributed by atoms with Crippen molar-refractivity contribution in [3.63, 3.8) is 0 Å². The summed E-state index contributed by atoms with van der Waals surface area (Å²) >= 11 is 0. The molecule has 1 aliphatic heterocycles. The number of aliphatic hydroxyl groups is 1. The second kappa shape index (κ2) is 7.79. The van der Waals surface area contributed by atoms with Gasteiger partial charge in [-0.1, -0.05) is 30.3 Å². The highest BCUT2D eigenvalue weighted by atomic mass is 16.5. The first-order chi connectivity index (χ1) is 10.9. The van der Waals surface area contributed by atoms with Gasteiger partial charge in [-0.15, -0.1) is 0 Å². The fourth-order valence-electron chi connectivity index (χ4n) is 2.81. The number of carbonyl (C=O) groups excluding carboxylic acids is 1. The van der Waals surface area contributed by atoms with Crippen molar-refractivity contribution in [2.24, 2.45) is 5.92 Å². The Morgan fingerprint density at radius 3 is 2.52 bits per heavy atom. The third kappa shape index (κ3) is 4.94. The molecular formula is C18H28N2O3. The van der Waals surface area contributed by atoms with E-state index in [1.165, 1.54) is 0 Å². The van der Waals surface area contributed by atoms with E-state index in [4.69, 9.17) is 4.74 Å². The van der Waals surface area contributed by atoms with Gasteiger partial charge in [0.15, 0.2) is 0 Å². The first-order valence-corrected chi connectivity index (χ1v) is 8.24. The number of aliphatic hydroxyl groups excluding tert-OH is 1. The van der Waals surface area contributed by atoms with Gasteiger partial charge in [-0.3, -0.25) is 0 Å². The Labute approximate surface area is 138 Å². The van der Waals surface area contributed by atoms with Crippen LogP contribution in [0.3, 0.4) is 0 Å². The maximum atomic E-state index is 12.2. The standard InChI is InChI=1S/C18H28N2O3/c1-18(2,23-3)13-19-17(22)20-11-9-15(10-12-20)16(21)14-7-5-4-6-8-14/h4-8,15-16,21H,9-13H2,1-3H3,(H,19,22). The summed E-state index contributed by atoms with van der Waals surface area (Å²) < 4.78 is 5.31. The third-order valence-electron chi connectivity index (χ3n) is 4.63. The smallest absolute Gasteiger partial charge is 0.317 e. The lowest BCUT2D eigenvalue weighted by atomic mass is 9.87. The lowest BCUT2D eigenvalue weighted by Crippen LogP contribution is -2.49. The number of urea groups is 1. The van der Waals surface area contributed by atoms with E-state index < -0.39 is 6.10 Å². The average Bonchev–Trinajstić information content (AvgIpc) is 2.60. The fraction of sp³-hybridized carbons (Fsp3) is 0.611. The van der Waals surface area contributed by atoms with Gasteiger partial charge in [-0.25, -0.2) is 4.79 Å². The van der Waals surface area contributed by atoms with Crippen LogP contribution in [-0.4, -0.2) is 48.4 Å². The molecule has 5 heteroatoms. The number of hydrogen-bond acceptors (Lipinski definition) is 3. The van der Waals surface area contributed by atoms with Crippen LogP contribution in [0.2, 0.25) is 0 Å². The summed E-state index contributed by atoms with van der Waals surface area (Å²) in [6, 6.07) is 9.69. The second-order valence-electron chi connectivity index (χ2n) is 6.80. The molecule has 1 heterocycles. The molecule has 2 rings (SSSR count). The first kappa shape index (κ1) is 17.8. The van der Waals surface area contributed by atoms with Crippen molar-refractivity contribution in [3.8, 4) is 0 Å². The SMILES string of the molecule is COC(C)(C)CNC(=O)N1CCC(C(O)c2ccccc2)CC1. The van der Waals surface area contributed by atoms with E-state index in [0.29, 0.717) is 19.6 Å². The maximum Gasteiger partial charge on any atom is 0.317 e. The number of nitrogens with one attached hydrogen (secondary N) is 1. The topological polar surface area (TPSA) is 61.8 Å². The van der Waals surface area contributed by atoms with Crippen LogP contribution in [0.25, 0.3) is 0 Å². The Balaban J connectivity index is 1.80. The Kier molecular flexibility index (Phi) is 6.02. The minimum atomic E-state index is -0.450. The van der Waals surface area contributed by atoms with Crippen LogP contribution in [0.15, 0.2) is 30.3 Å². The molecule has 128 valence electrons. The molecule has 0 bridgehead atoms. The zero-order valence-electron chi connectivity index (χ0n) is 14.3. The van der Waals surface area contributed by atoms with Crippen molar-refractivity contribution in [1.29, 1.82) is 0 Å². The van der Waals surface area contributed by atoms with Gasteiger partial charge in [-0.2, -0.15) is 0 Å². The lowest BCUT2D eigenvalue weighted by molar-refractivity contribution is 0.0231. The van der Waals surface area contributed by atoms with Crippen molar-refractivity contribution in [3.05, 3.63) is 35.9 Å². The molecule has 1 saturated heterocycles. The average molecular weight is 320 g/mol. The molecule has 1 aliphatic rings. The quantitative estimate of drug-likeness (QED) is 0.876. The number of ether oxygens (including phenoxy) is 1. The van der Waals surface area contributed by atoms with Crippen molar-refractivity contribution in [1.82, 2.24) is 10.2 Å².